The standard InChI is InChI=1S/C66H116O6/c1-4-7-10-13-16-19-22-25-28-30-31-32-33-34-35-37-38-41-44-47-50-53-56-59-65(68)71-62-63(61-70-64(67)58-55-52-49-46-43-40-27-24-21-18-15-12-9-6-3)72-66(69)60-57-54-51-48-45-42-39-36-29-26-23-20-17-14-11-8-5-2/h7,10,15-16,18-19,24-25,27-28,31-32,63H,4-6,8-9,11-14,17,20-23,26,29-30,33-62H2,1-3H3/b10-7-,18-15-,19-16-,27-24-,28-25-,32-31-. The van der Waals surface area contributed by atoms with E-state index in [-0.39, 0.29) is 31.1 Å². The van der Waals surface area contributed by atoms with Crippen LogP contribution in [0.25, 0.3) is 0 Å². The summed E-state index contributed by atoms with van der Waals surface area (Å²) in [6.07, 6.45) is 77.5. The Kier molecular flexibility index (Phi) is 57.8. The molecule has 0 saturated heterocycles. The molecular formula is C66H116O6. The second-order valence-electron chi connectivity index (χ2n) is 20.6. The zero-order valence-corrected chi connectivity index (χ0v) is 47.7. The van der Waals surface area contributed by atoms with Crippen LogP contribution in [0.5, 0.6) is 0 Å². The Hall–Kier alpha value is -3.15. The van der Waals surface area contributed by atoms with Crippen LogP contribution in [0.15, 0.2) is 72.9 Å². The van der Waals surface area contributed by atoms with Crippen LogP contribution in [0.3, 0.4) is 0 Å². The maximum atomic E-state index is 12.9. The third-order valence-electron chi connectivity index (χ3n) is 13.4. The molecule has 0 aliphatic rings. The van der Waals surface area contributed by atoms with Crippen molar-refractivity contribution in [1.29, 1.82) is 0 Å². The van der Waals surface area contributed by atoms with Crippen LogP contribution in [-0.2, 0) is 28.6 Å². The van der Waals surface area contributed by atoms with Crippen LogP contribution in [0.1, 0.15) is 310 Å². The fourth-order valence-electron chi connectivity index (χ4n) is 8.81. The van der Waals surface area contributed by atoms with Gasteiger partial charge in [0.15, 0.2) is 6.10 Å². The fraction of sp³-hybridized carbons (Fsp3) is 0.773. The van der Waals surface area contributed by atoms with Crippen LogP contribution in [0.2, 0.25) is 0 Å². The molecule has 0 fully saturated rings. The van der Waals surface area contributed by atoms with Crippen molar-refractivity contribution in [2.75, 3.05) is 13.2 Å². The highest BCUT2D eigenvalue weighted by Gasteiger charge is 2.19. The highest BCUT2D eigenvalue weighted by atomic mass is 16.6. The third-order valence-corrected chi connectivity index (χ3v) is 13.4. The van der Waals surface area contributed by atoms with E-state index < -0.39 is 6.10 Å². The topological polar surface area (TPSA) is 78.9 Å². The molecule has 416 valence electrons. The molecule has 0 bridgehead atoms. The molecule has 0 aromatic rings. The lowest BCUT2D eigenvalue weighted by Gasteiger charge is -2.18. The van der Waals surface area contributed by atoms with Crippen molar-refractivity contribution in [1.82, 2.24) is 0 Å². The molecule has 0 radical (unpaired) electrons. The molecule has 0 aliphatic carbocycles. The second kappa shape index (κ2) is 60.4. The van der Waals surface area contributed by atoms with E-state index in [2.05, 4.69) is 93.7 Å². The number of esters is 3. The zero-order valence-electron chi connectivity index (χ0n) is 47.7. The van der Waals surface area contributed by atoms with E-state index >= 15 is 0 Å². The summed E-state index contributed by atoms with van der Waals surface area (Å²) in [4.78, 5) is 38.3. The normalized spacial score (nSPS) is 12.5. The van der Waals surface area contributed by atoms with E-state index in [1.54, 1.807) is 0 Å². The van der Waals surface area contributed by atoms with Crippen LogP contribution >= 0.6 is 0 Å². The number of hydrogen-bond donors (Lipinski definition) is 0. The first-order chi connectivity index (χ1) is 35.5. The molecule has 72 heavy (non-hydrogen) atoms. The molecular weight excluding hydrogens is 889 g/mol. The van der Waals surface area contributed by atoms with Gasteiger partial charge in [0.25, 0.3) is 0 Å². The molecule has 0 saturated carbocycles. The Morgan fingerprint density at radius 3 is 0.889 bits per heavy atom. The minimum atomic E-state index is -0.782. The van der Waals surface area contributed by atoms with Gasteiger partial charge >= 0.3 is 17.9 Å². The van der Waals surface area contributed by atoms with E-state index in [1.165, 1.54) is 167 Å². The van der Waals surface area contributed by atoms with E-state index in [0.29, 0.717) is 19.3 Å². The summed E-state index contributed by atoms with van der Waals surface area (Å²) in [5.41, 5.74) is 0. The maximum Gasteiger partial charge on any atom is 0.306 e. The average molecular weight is 1010 g/mol. The fourth-order valence-corrected chi connectivity index (χ4v) is 8.81. The zero-order chi connectivity index (χ0) is 52.2. The van der Waals surface area contributed by atoms with Crippen molar-refractivity contribution >= 4 is 17.9 Å². The maximum absolute atomic E-state index is 12.9. The molecule has 0 N–H and O–H groups in total. The minimum absolute atomic E-state index is 0.0794. The Labute approximate surface area is 446 Å². The lowest BCUT2D eigenvalue weighted by molar-refractivity contribution is -0.167. The molecule has 0 heterocycles. The van der Waals surface area contributed by atoms with Crippen LogP contribution < -0.4 is 0 Å². The molecule has 0 amide bonds. The first kappa shape index (κ1) is 68.8. The number of ether oxygens (including phenoxy) is 3. The molecule has 1 unspecified atom stereocenters. The SMILES string of the molecule is CC/C=C\C/C=C\C/C=C\C/C=C\CCCCCCCCCCCCC(=O)OCC(COC(=O)CCCCCCC/C=C\C/C=C\CCCC)OC(=O)CCCCCCCCCCCCCCCCCCC. The molecule has 1 atom stereocenters. The smallest absolute Gasteiger partial charge is 0.306 e. The van der Waals surface area contributed by atoms with Gasteiger partial charge in [0, 0.05) is 19.3 Å². The Balaban J connectivity index is 4.33. The minimum Gasteiger partial charge on any atom is -0.462 e. The summed E-state index contributed by atoms with van der Waals surface area (Å²) in [7, 11) is 0. The van der Waals surface area contributed by atoms with Gasteiger partial charge in [-0.1, -0.05) is 280 Å². The molecule has 6 heteroatoms. The van der Waals surface area contributed by atoms with Crippen molar-refractivity contribution in [3.63, 3.8) is 0 Å². The molecule has 6 nitrogen and oxygen atoms in total. The van der Waals surface area contributed by atoms with Gasteiger partial charge in [-0.2, -0.15) is 0 Å². The number of allylic oxidation sites excluding steroid dienone is 12. The number of carbonyl (C=O) groups excluding carboxylic acids is 3. The highest BCUT2D eigenvalue weighted by Crippen LogP contribution is 2.17. The van der Waals surface area contributed by atoms with Crippen molar-refractivity contribution in [3.8, 4) is 0 Å². The largest absolute Gasteiger partial charge is 0.462 e. The molecule has 0 aromatic carbocycles. The van der Waals surface area contributed by atoms with Gasteiger partial charge in [-0.05, 0) is 83.5 Å². The van der Waals surface area contributed by atoms with Crippen molar-refractivity contribution < 1.29 is 28.6 Å². The lowest BCUT2D eigenvalue weighted by Crippen LogP contribution is -2.30. The number of rotatable bonds is 56. The Bertz CT molecular complexity index is 1340. The first-order valence-electron chi connectivity index (χ1n) is 30.9. The van der Waals surface area contributed by atoms with E-state index in [9.17, 15) is 14.4 Å². The molecule has 0 spiro atoms. The van der Waals surface area contributed by atoms with Gasteiger partial charge in [-0.15, -0.1) is 0 Å². The van der Waals surface area contributed by atoms with Gasteiger partial charge in [0.1, 0.15) is 13.2 Å². The van der Waals surface area contributed by atoms with Gasteiger partial charge < -0.3 is 14.2 Å². The van der Waals surface area contributed by atoms with E-state index in [1.807, 2.05) is 0 Å². The summed E-state index contributed by atoms with van der Waals surface area (Å²) < 4.78 is 16.9. The monoisotopic (exact) mass is 1000 g/mol. The van der Waals surface area contributed by atoms with Gasteiger partial charge in [-0.3, -0.25) is 14.4 Å². The van der Waals surface area contributed by atoms with Crippen LogP contribution in [0.4, 0.5) is 0 Å². The Morgan fingerprint density at radius 2 is 0.556 bits per heavy atom. The molecule has 0 rings (SSSR count). The van der Waals surface area contributed by atoms with E-state index in [0.717, 1.165) is 103 Å². The van der Waals surface area contributed by atoms with Gasteiger partial charge in [0.2, 0.25) is 0 Å². The average Bonchev–Trinajstić information content (AvgIpc) is 3.38. The summed E-state index contributed by atoms with van der Waals surface area (Å²) in [6, 6.07) is 0. The third kappa shape index (κ3) is 57.7. The summed E-state index contributed by atoms with van der Waals surface area (Å²) in [5, 5.41) is 0. The summed E-state index contributed by atoms with van der Waals surface area (Å²) >= 11 is 0. The molecule has 0 aliphatic heterocycles. The predicted octanol–water partition coefficient (Wildman–Crippen LogP) is 20.9. The Morgan fingerprint density at radius 1 is 0.292 bits per heavy atom. The van der Waals surface area contributed by atoms with Crippen molar-refractivity contribution in [2.24, 2.45) is 0 Å². The first-order valence-corrected chi connectivity index (χ1v) is 30.9. The number of carbonyl (C=O) groups is 3. The number of hydrogen-bond acceptors (Lipinski definition) is 6. The second-order valence-corrected chi connectivity index (χ2v) is 20.6. The molecule has 0 aromatic heterocycles. The van der Waals surface area contributed by atoms with Crippen LogP contribution in [-0.4, -0.2) is 37.2 Å². The van der Waals surface area contributed by atoms with Gasteiger partial charge in [0.05, 0.1) is 0 Å². The predicted molar refractivity (Wildman–Crippen MR) is 311 cm³/mol. The lowest BCUT2D eigenvalue weighted by atomic mass is 10.0. The van der Waals surface area contributed by atoms with Crippen molar-refractivity contribution in [3.05, 3.63) is 72.9 Å². The summed E-state index contributed by atoms with van der Waals surface area (Å²) in [6.45, 7) is 6.51. The van der Waals surface area contributed by atoms with E-state index in [4.69, 9.17) is 14.2 Å². The van der Waals surface area contributed by atoms with Crippen LogP contribution in [0, 0.1) is 0 Å². The quantitative estimate of drug-likeness (QED) is 0.0261. The summed E-state index contributed by atoms with van der Waals surface area (Å²) in [5.74, 6) is -0.882. The van der Waals surface area contributed by atoms with Crippen molar-refractivity contribution in [2.45, 2.75) is 316 Å². The number of unbranched alkanes of at least 4 members (excludes halogenated alkanes) is 33. The van der Waals surface area contributed by atoms with Gasteiger partial charge in [-0.25, -0.2) is 0 Å². The highest BCUT2D eigenvalue weighted by molar-refractivity contribution is 5.71.